The van der Waals surface area contributed by atoms with Gasteiger partial charge < -0.3 is 13.8 Å². The van der Waals surface area contributed by atoms with Crippen molar-refractivity contribution in [1.29, 1.82) is 0 Å². The van der Waals surface area contributed by atoms with Crippen LogP contribution in [0.15, 0.2) is 315 Å². The minimum atomic E-state index is 0.425. The summed E-state index contributed by atoms with van der Waals surface area (Å²) in [6, 6.07) is 111. The Hall–Kier alpha value is -12.8. The van der Waals surface area contributed by atoms with Gasteiger partial charge in [-0.25, -0.2) is 19.9 Å². The Morgan fingerprint density at radius 3 is 1.21 bits per heavy atom. The van der Waals surface area contributed by atoms with Crippen LogP contribution in [-0.4, -0.2) is 38.3 Å². The number of nitrogens with zero attached hydrogens (tertiary/aromatic N) is 7. The third-order valence-electron chi connectivity index (χ3n) is 19.7. The standard InChI is InChI=1S/C44H26N4.C24H14N2.C20H13ClN2/c1-3-12-27(13-4-1)29-24-25-34-35(26-29)46-44(42(45-34)28-14-5-2-6-15-28)48-37-21-10-17-31-33-19-9-18-32-30-16-7-8-20-36(30)47(43(32)33)38-22-11-23-39(48)41(38)40(31)37;1-2-12-20-14(6-1)16-8-3-9-17-15-7-4-10-18-22(15)23-19(25-18)11-5-13-21(23)26(20)24(16)17;21-20-19(15-9-5-2-6-10-15)22-17-12-11-16(13-18(17)23-20)14-7-3-1-4-8-14/h1-26H;1-13,25H;1-13H. The number of benzene rings is 14. The highest BCUT2D eigenvalue weighted by atomic mass is 35.5. The lowest BCUT2D eigenvalue weighted by Crippen LogP contribution is -2.04. The zero-order chi connectivity index (χ0) is 63.8. The first-order chi connectivity index (χ1) is 48.1. The number of H-pyrrole nitrogens is 1. The summed E-state index contributed by atoms with van der Waals surface area (Å²) in [5.41, 5.74) is 23.6. The molecule has 8 heterocycles. The zero-order valence-electron chi connectivity index (χ0n) is 52.0. The number of aromatic amines is 1. The summed E-state index contributed by atoms with van der Waals surface area (Å²) < 4.78 is 7.27. The molecule has 0 aliphatic rings. The molecule has 22 aromatic rings. The van der Waals surface area contributed by atoms with Crippen LogP contribution in [0.1, 0.15) is 0 Å². The van der Waals surface area contributed by atoms with Gasteiger partial charge in [-0.1, -0.05) is 254 Å². The minimum Gasteiger partial charge on any atom is -0.354 e. The van der Waals surface area contributed by atoms with Gasteiger partial charge in [0.15, 0.2) is 11.0 Å². The summed E-state index contributed by atoms with van der Waals surface area (Å²) >= 11 is 6.36. The van der Waals surface area contributed by atoms with Crippen LogP contribution in [0.3, 0.4) is 0 Å². The van der Waals surface area contributed by atoms with Gasteiger partial charge in [0.25, 0.3) is 0 Å². The first-order valence-corrected chi connectivity index (χ1v) is 33.1. The number of nitrogens with one attached hydrogen (secondary N) is 1. The van der Waals surface area contributed by atoms with Crippen LogP contribution in [0.25, 0.3) is 192 Å². The average Bonchev–Trinajstić information content (AvgIpc) is 1.54. The Balaban J connectivity index is 0.000000110. The second kappa shape index (κ2) is 21.7. The van der Waals surface area contributed by atoms with Crippen LogP contribution in [0.2, 0.25) is 5.15 Å². The third kappa shape index (κ3) is 8.44. The van der Waals surface area contributed by atoms with Gasteiger partial charge in [0.05, 0.1) is 66.2 Å². The number of para-hydroxylation sites is 4. The highest BCUT2D eigenvalue weighted by molar-refractivity contribution is 6.33. The van der Waals surface area contributed by atoms with E-state index in [1.807, 2.05) is 72.8 Å². The number of hydrogen-bond donors (Lipinski definition) is 1. The molecule has 22 rings (SSSR count). The molecule has 0 amide bonds. The van der Waals surface area contributed by atoms with E-state index < -0.39 is 0 Å². The molecule has 452 valence electrons. The predicted octanol–water partition coefficient (Wildman–Crippen LogP) is 23.3. The van der Waals surface area contributed by atoms with Crippen molar-refractivity contribution in [1.82, 2.24) is 38.3 Å². The van der Waals surface area contributed by atoms with Gasteiger partial charge in [-0.2, -0.15) is 0 Å². The summed E-state index contributed by atoms with van der Waals surface area (Å²) in [6.45, 7) is 0. The number of aromatic nitrogens is 8. The topological polar surface area (TPSA) is 81.1 Å². The van der Waals surface area contributed by atoms with Gasteiger partial charge in [0, 0.05) is 76.0 Å². The fourth-order valence-electron chi connectivity index (χ4n) is 15.5. The van der Waals surface area contributed by atoms with E-state index in [2.05, 4.69) is 271 Å². The number of halogens is 1. The minimum absolute atomic E-state index is 0.425. The summed E-state index contributed by atoms with van der Waals surface area (Å²) in [5, 5.41) is 15.8. The summed E-state index contributed by atoms with van der Waals surface area (Å²) in [6.07, 6.45) is 0. The lowest BCUT2D eigenvalue weighted by atomic mass is 10.0. The van der Waals surface area contributed by atoms with E-state index in [0.717, 1.165) is 78.0 Å². The first kappa shape index (κ1) is 54.8. The molecule has 1 N–H and O–H groups in total. The first-order valence-electron chi connectivity index (χ1n) is 32.7. The van der Waals surface area contributed by atoms with Gasteiger partial charge in [-0.05, 0) is 106 Å². The molecule has 14 aromatic carbocycles. The van der Waals surface area contributed by atoms with E-state index in [1.165, 1.54) is 109 Å². The van der Waals surface area contributed by atoms with E-state index >= 15 is 0 Å². The fourth-order valence-corrected chi connectivity index (χ4v) is 15.8. The largest absolute Gasteiger partial charge is 0.354 e. The number of fused-ring (bicyclic) bond motifs is 12. The molecule has 97 heavy (non-hydrogen) atoms. The molecule has 0 spiro atoms. The molecule has 0 bridgehead atoms. The van der Waals surface area contributed by atoms with Crippen molar-refractivity contribution in [3.8, 4) is 50.6 Å². The van der Waals surface area contributed by atoms with Crippen LogP contribution in [0, 0.1) is 0 Å². The number of hydrogen-bond acceptors (Lipinski definition) is 4. The predicted molar refractivity (Wildman–Crippen MR) is 405 cm³/mol. The zero-order valence-corrected chi connectivity index (χ0v) is 52.8. The molecular weight excluding hydrogens is 1200 g/mol. The Morgan fingerprint density at radius 1 is 0.247 bits per heavy atom. The monoisotopic (exact) mass is 1260 g/mol. The van der Waals surface area contributed by atoms with E-state index in [9.17, 15) is 0 Å². The fraction of sp³-hybridized carbons (Fsp3) is 0. The van der Waals surface area contributed by atoms with Gasteiger partial charge >= 0.3 is 0 Å². The van der Waals surface area contributed by atoms with Crippen LogP contribution < -0.4 is 0 Å². The van der Waals surface area contributed by atoms with Crippen molar-refractivity contribution in [3.05, 3.63) is 321 Å². The molecule has 0 fully saturated rings. The maximum absolute atomic E-state index is 6.36. The number of rotatable bonds is 5. The Morgan fingerprint density at radius 2 is 0.629 bits per heavy atom. The van der Waals surface area contributed by atoms with Crippen molar-refractivity contribution in [2.75, 3.05) is 0 Å². The Kier molecular flexibility index (Phi) is 12.2. The SMILES string of the molecule is Clc1nc2cc(-c3ccccc3)ccc2nc1-c1ccccc1.c1cc2[nH]c3cccc4c3c2c(c1)c1cccc2c3ccccc3n4c12.c1ccc(-c2ccc3nc(-c4ccccc4)c(-n4c5cccc6c7cccc8c9ccccc9n(c9cccc4c9c65)c78)nc3c2)cc1. The van der Waals surface area contributed by atoms with E-state index in [4.69, 9.17) is 21.6 Å². The highest BCUT2D eigenvalue weighted by Gasteiger charge is 2.26. The molecule has 0 unspecified atom stereocenters. The molecular formula is C88H53ClN8. The van der Waals surface area contributed by atoms with Gasteiger partial charge in [-0.15, -0.1) is 0 Å². The second-order valence-corrected chi connectivity index (χ2v) is 25.4. The van der Waals surface area contributed by atoms with Crippen LogP contribution in [0.4, 0.5) is 0 Å². The van der Waals surface area contributed by atoms with E-state index in [1.54, 1.807) is 0 Å². The van der Waals surface area contributed by atoms with Gasteiger partial charge in [0.1, 0.15) is 11.4 Å². The van der Waals surface area contributed by atoms with E-state index in [-0.39, 0.29) is 0 Å². The molecule has 9 heteroatoms. The lowest BCUT2D eigenvalue weighted by Gasteiger charge is -2.14. The molecule has 0 saturated heterocycles. The maximum Gasteiger partial charge on any atom is 0.165 e. The molecule has 0 radical (unpaired) electrons. The normalized spacial score (nSPS) is 12.0. The Bertz CT molecular complexity index is 6870. The third-order valence-corrected chi connectivity index (χ3v) is 19.9. The van der Waals surface area contributed by atoms with Crippen LogP contribution in [-0.2, 0) is 0 Å². The molecule has 0 aliphatic carbocycles. The van der Waals surface area contributed by atoms with Crippen LogP contribution in [0.5, 0.6) is 0 Å². The molecule has 0 atom stereocenters. The smallest absolute Gasteiger partial charge is 0.165 e. The summed E-state index contributed by atoms with van der Waals surface area (Å²) in [4.78, 5) is 23.7. The van der Waals surface area contributed by atoms with Crippen molar-refractivity contribution in [3.63, 3.8) is 0 Å². The molecule has 8 nitrogen and oxygen atoms in total. The summed E-state index contributed by atoms with van der Waals surface area (Å²) in [5.74, 6) is 0.824. The molecule has 8 aromatic heterocycles. The second-order valence-electron chi connectivity index (χ2n) is 25.0. The van der Waals surface area contributed by atoms with Crippen molar-refractivity contribution in [2.45, 2.75) is 0 Å². The average molecular weight is 1260 g/mol. The highest BCUT2D eigenvalue weighted by Crippen LogP contribution is 2.46. The lowest BCUT2D eigenvalue weighted by molar-refractivity contribution is 1.08. The van der Waals surface area contributed by atoms with Gasteiger partial charge in [0.2, 0.25) is 0 Å². The van der Waals surface area contributed by atoms with Crippen molar-refractivity contribution in [2.24, 2.45) is 0 Å². The summed E-state index contributed by atoms with van der Waals surface area (Å²) in [7, 11) is 0. The van der Waals surface area contributed by atoms with Crippen molar-refractivity contribution < 1.29 is 0 Å². The van der Waals surface area contributed by atoms with Gasteiger partial charge in [-0.3, -0.25) is 4.57 Å². The quantitative estimate of drug-likeness (QED) is 0.186. The molecule has 0 aliphatic heterocycles. The van der Waals surface area contributed by atoms with E-state index in [0.29, 0.717) is 10.8 Å². The Labute approximate surface area is 559 Å². The maximum atomic E-state index is 6.36. The van der Waals surface area contributed by atoms with Crippen molar-refractivity contribution >= 4 is 153 Å². The molecule has 0 saturated carbocycles. The van der Waals surface area contributed by atoms with Crippen LogP contribution >= 0.6 is 11.6 Å².